The van der Waals surface area contributed by atoms with Gasteiger partial charge in [0.15, 0.2) is 0 Å². The average molecular weight is 317 g/mol. The number of thiazole rings is 1. The Morgan fingerprint density at radius 2 is 2.31 bits per heavy atom. The maximum Gasteiger partial charge on any atom is 0.0898 e. The molecular formula is C11H13BrN2S2. The van der Waals surface area contributed by atoms with E-state index in [0.717, 1.165) is 17.2 Å². The van der Waals surface area contributed by atoms with Gasteiger partial charge in [-0.25, -0.2) is 4.98 Å². The first kappa shape index (κ1) is 12.2. The van der Waals surface area contributed by atoms with Crippen molar-refractivity contribution in [2.24, 2.45) is 0 Å². The average Bonchev–Trinajstić information content (AvgIpc) is 2.84. The van der Waals surface area contributed by atoms with Gasteiger partial charge in [0.1, 0.15) is 0 Å². The van der Waals surface area contributed by atoms with Crippen LogP contribution in [0.1, 0.15) is 28.5 Å². The van der Waals surface area contributed by atoms with Crippen molar-refractivity contribution in [1.29, 1.82) is 0 Å². The molecule has 0 radical (unpaired) electrons. The van der Waals surface area contributed by atoms with E-state index in [-0.39, 0.29) is 0 Å². The molecule has 0 saturated heterocycles. The Morgan fingerprint density at radius 3 is 2.88 bits per heavy atom. The van der Waals surface area contributed by atoms with Gasteiger partial charge in [0.25, 0.3) is 0 Å². The first-order valence-corrected chi connectivity index (χ1v) is 7.59. The zero-order valence-electron chi connectivity index (χ0n) is 9.16. The molecule has 1 N–H and O–H groups in total. The third-order valence-electron chi connectivity index (χ3n) is 2.34. The lowest BCUT2D eigenvalue weighted by Crippen LogP contribution is -2.17. The van der Waals surface area contributed by atoms with Crippen LogP contribution in [-0.2, 0) is 6.54 Å². The van der Waals surface area contributed by atoms with E-state index < -0.39 is 0 Å². The van der Waals surface area contributed by atoms with Gasteiger partial charge in [-0.05, 0) is 41.2 Å². The fourth-order valence-corrected chi connectivity index (χ4v) is 3.53. The molecule has 0 fully saturated rings. The molecule has 5 heteroatoms. The minimum absolute atomic E-state index is 0.305. The van der Waals surface area contributed by atoms with Crippen molar-refractivity contribution in [3.63, 3.8) is 0 Å². The summed E-state index contributed by atoms with van der Waals surface area (Å²) in [5.74, 6) is 0. The number of rotatable bonds is 4. The fraction of sp³-hybridized carbons (Fsp3) is 0.364. The molecule has 0 amide bonds. The Hall–Kier alpha value is -0.230. The SMILES string of the molecule is Cc1nc(C(C)NCc2sccc2Br)cs1. The summed E-state index contributed by atoms with van der Waals surface area (Å²) in [5.41, 5.74) is 1.13. The van der Waals surface area contributed by atoms with E-state index in [1.54, 1.807) is 22.7 Å². The molecular weight excluding hydrogens is 304 g/mol. The first-order chi connectivity index (χ1) is 7.66. The number of nitrogens with zero attached hydrogens (tertiary/aromatic N) is 1. The van der Waals surface area contributed by atoms with E-state index in [0.29, 0.717) is 6.04 Å². The quantitative estimate of drug-likeness (QED) is 0.917. The van der Waals surface area contributed by atoms with Crippen molar-refractivity contribution in [3.05, 3.63) is 36.9 Å². The van der Waals surface area contributed by atoms with Crippen molar-refractivity contribution in [3.8, 4) is 0 Å². The van der Waals surface area contributed by atoms with Gasteiger partial charge >= 0.3 is 0 Å². The summed E-state index contributed by atoms with van der Waals surface area (Å²) in [7, 11) is 0. The summed E-state index contributed by atoms with van der Waals surface area (Å²) >= 11 is 7.00. The standard InChI is InChI=1S/C11H13BrN2S2/c1-7(10-6-16-8(2)14-10)13-5-11-9(12)3-4-15-11/h3-4,6-7,13H,5H2,1-2H3. The van der Waals surface area contributed by atoms with E-state index in [1.165, 1.54) is 9.35 Å². The third kappa shape index (κ3) is 2.91. The van der Waals surface area contributed by atoms with Gasteiger partial charge in [-0.2, -0.15) is 0 Å². The van der Waals surface area contributed by atoms with Crippen molar-refractivity contribution in [2.75, 3.05) is 0 Å². The Labute approximate surface area is 112 Å². The largest absolute Gasteiger partial charge is 0.304 e. The van der Waals surface area contributed by atoms with Crippen LogP contribution >= 0.6 is 38.6 Å². The van der Waals surface area contributed by atoms with Crippen LogP contribution in [0, 0.1) is 6.92 Å². The maximum absolute atomic E-state index is 4.48. The predicted octanol–water partition coefficient (Wildman–Crippen LogP) is 4.13. The van der Waals surface area contributed by atoms with Gasteiger partial charge < -0.3 is 5.32 Å². The lowest BCUT2D eigenvalue weighted by molar-refractivity contribution is 0.566. The van der Waals surface area contributed by atoms with Crippen LogP contribution in [0.25, 0.3) is 0 Å². The van der Waals surface area contributed by atoms with Crippen molar-refractivity contribution >= 4 is 38.6 Å². The van der Waals surface area contributed by atoms with Crippen molar-refractivity contribution in [1.82, 2.24) is 10.3 Å². The van der Waals surface area contributed by atoms with E-state index in [4.69, 9.17) is 0 Å². The van der Waals surface area contributed by atoms with Gasteiger partial charge in [-0.1, -0.05) is 0 Å². The Balaban J connectivity index is 1.93. The predicted molar refractivity (Wildman–Crippen MR) is 74.1 cm³/mol. The van der Waals surface area contributed by atoms with Crippen LogP contribution in [0.4, 0.5) is 0 Å². The summed E-state index contributed by atoms with van der Waals surface area (Å²) in [6, 6.07) is 2.39. The fourth-order valence-electron chi connectivity index (χ4n) is 1.38. The normalized spacial score (nSPS) is 12.9. The van der Waals surface area contributed by atoms with Crippen LogP contribution in [-0.4, -0.2) is 4.98 Å². The number of hydrogen-bond donors (Lipinski definition) is 1. The molecule has 2 heterocycles. The lowest BCUT2D eigenvalue weighted by Gasteiger charge is -2.10. The van der Waals surface area contributed by atoms with Crippen LogP contribution < -0.4 is 5.32 Å². The topological polar surface area (TPSA) is 24.9 Å². The highest BCUT2D eigenvalue weighted by Crippen LogP contribution is 2.23. The molecule has 0 bridgehead atoms. The highest BCUT2D eigenvalue weighted by Gasteiger charge is 2.09. The van der Waals surface area contributed by atoms with Crippen LogP contribution in [0.15, 0.2) is 21.3 Å². The van der Waals surface area contributed by atoms with Gasteiger partial charge in [0.05, 0.1) is 10.7 Å². The van der Waals surface area contributed by atoms with Crippen LogP contribution in [0.5, 0.6) is 0 Å². The summed E-state index contributed by atoms with van der Waals surface area (Å²) in [4.78, 5) is 5.81. The minimum Gasteiger partial charge on any atom is -0.304 e. The van der Waals surface area contributed by atoms with Gasteiger partial charge in [-0.3, -0.25) is 0 Å². The molecule has 0 spiro atoms. The molecule has 2 aromatic heterocycles. The zero-order valence-corrected chi connectivity index (χ0v) is 12.4. The van der Waals surface area contributed by atoms with Crippen molar-refractivity contribution < 1.29 is 0 Å². The molecule has 0 saturated carbocycles. The molecule has 2 rings (SSSR count). The second-order valence-corrected chi connectivity index (χ2v) is 6.50. The molecule has 1 atom stereocenters. The number of aromatic nitrogens is 1. The molecule has 86 valence electrons. The van der Waals surface area contributed by atoms with Gasteiger partial charge in [0.2, 0.25) is 0 Å². The lowest BCUT2D eigenvalue weighted by atomic mass is 10.2. The summed E-state index contributed by atoms with van der Waals surface area (Å²) in [5, 5.41) is 8.82. The number of hydrogen-bond acceptors (Lipinski definition) is 4. The van der Waals surface area contributed by atoms with E-state index >= 15 is 0 Å². The number of aryl methyl sites for hydroxylation is 1. The second-order valence-electron chi connectivity index (χ2n) is 3.59. The van der Waals surface area contributed by atoms with E-state index in [1.807, 2.05) is 6.92 Å². The van der Waals surface area contributed by atoms with Gasteiger partial charge in [0, 0.05) is 27.3 Å². The van der Waals surface area contributed by atoms with Gasteiger partial charge in [-0.15, -0.1) is 22.7 Å². The monoisotopic (exact) mass is 316 g/mol. The third-order valence-corrected chi connectivity index (χ3v) is 5.06. The molecule has 16 heavy (non-hydrogen) atoms. The molecule has 2 aromatic rings. The smallest absolute Gasteiger partial charge is 0.0898 e. The zero-order chi connectivity index (χ0) is 11.5. The molecule has 1 unspecified atom stereocenters. The summed E-state index contributed by atoms with van der Waals surface area (Å²) in [6.45, 7) is 5.07. The van der Waals surface area contributed by atoms with E-state index in [2.05, 4.69) is 50.0 Å². The number of nitrogens with one attached hydrogen (secondary N) is 1. The van der Waals surface area contributed by atoms with Crippen molar-refractivity contribution in [2.45, 2.75) is 26.4 Å². The number of thiophene rings is 1. The van der Waals surface area contributed by atoms with Crippen LogP contribution in [0.2, 0.25) is 0 Å². The first-order valence-electron chi connectivity index (χ1n) is 5.04. The van der Waals surface area contributed by atoms with Crippen LogP contribution in [0.3, 0.4) is 0 Å². The Morgan fingerprint density at radius 1 is 1.50 bits per heavy atom. The summed E-state index contributed by atoms with van der Waals surface area (Å²) in [6.07, 6.45) is 0. The molecule has 0 aliphatic carbocycles. The van der Waals surface area contributed by atoms with E-state index in [9.17, 15) is 0 Å². The Bertz CT molecular complexity index is 464. The maximum atomic E-state index is 4.48. The number of halogens is 1. The molecule has 0 aromatic carbocycles. The Kier molecular flexibility index (Phi) is 4.13. The highest BCUT2D eigenvalue weighted by molar-refractivity contribution is 9.10. The highest BCUT2D eigenvalue weighted by atomic mass is 79.9. The molecule has 0 aliphatic heterocycles. The molecule has 0 aliphatic rings. The second kappa shape index (κ2) is 5.40. The summed E-state index contributed by atoms with van der Waals surface area (Å²) < 4.78 is 1.19. The minimum atomic E-state index is 0.305. The molecule has 2 nitrogen and oxygen atoms in total.